The molecule has 0 heterocycles. The van der Waals surface area contributed by atoms with E-state index in [9.17, 15) is 0 Å². The Labute approximate surface area is 144 Å². The summed E-state index contributed by atoms with van der Waals surface area (Å²) in [4.78, 5) is 0. The molecule has 2 aliphatic carbocycles. The number of allylic oxidation sites excluding steroid dienone is 8. The average Bonchev–Trinajstić information content (AvgIpc) is 2.73. The maximum Gasteiger partial charge on any atom is -1.00 e. The predicted octanol–water partition coefficient (Wildman–Crippen LogP) is -0.927. The van der Waals surface area contributed by atoms with Gasteiger partial charge >= 0.3 is 120 Å². The molecule has 0 amide bonds. The number of hydrogen-bond acceptors (Lipinski definition) is 0. The van der Waals surface area contributed by atoms with E-state index in [1.54, 1.807) is 20.9 Å². The summed E-state index contributed by atoms with van der Waals surface area (Å²) in [5.41, 5.74) is 6.21. The molecule has 0 saturated carbocycles. The van der Waals surface area contributed by atoms with Gasteiger partial charge in [-0.15, -0.1) is 0 Å². The Morgan fingerprint density at radius 3 is 1.35 bits per heavy atom. The van der Waals surface area contributed by atoms with Gasteiger partial charge in [0.1, 0.15) is 0 Å². The Hall–Kier alpha value is 0.293. The normalized spacial score (nSPS) is 17.1. The average molecular weight is 391 g/mol. The molecule has 0 aromatic rings. The van der Waals surface area contributed by atoms with Gasteiger partial charge < -0.3 is 24.8 Å². The van der Waals surface area contributed by atoms with E-state index in [1.165, 1.54) is 24.0 Å². The fraction of sp³-hybridized carbons (Fsp3) is 0.471. The van der Waals surface area contributed by atoms with Gasteiger partial charge in [0.2, 0.25) is 0 Å². The Morgan fingerprint density at radius 2 is 1.15 bits per heavy atom. The first-order valence-electron chi connectivity index (χ1n) is 6.82. The second-order valence-electron chi connectivity index (χ2n) is 5.99. The maximum atomic E-state index is 2.50. The van der Waals surface area contributed by atoms with E-state index in [2.05, 4.69) is 53.7 Å². The van der Waals surface area contributed by atoms with Crippen LogP contribution in [0.1, 0.15) is 54.4 Å². The van der Waals surface area contributed by atoms with Crippen molar-refractivity contribution in [3.8, 4) is 0 Å². The molecule has 0 fully saturated rings. The SMILES string of the molecule is CC1=C(C)C[C]([Zr+2]([C]2=CC(C)=C(C)C2)=[C](C)C)=C1.[Cl-].[Cl-]. The smallest absolute Gasteiger partial charge is 1.00 e. The summed E-state index contributed by atoms with van der Waals surface area (Å²) >= 11 is -1.66. The largest absolute Gasteiger partial charge is 1.00 e. The van der Waals surface area contributed by atoms with E-state index >= 15 is 0 Å². The first-order chi connectivity index (χ1) is 8.40. The molecule has 0 nitrogen and oxygen atoms in total. The van der Waals surface area contributed by atoms with E-state index in [4.69, 9.17) is 0 Å². The molecule has 3 heteroatoms. The zero-order chi connectivity index (χ0) is 13.4. The molecule has 0 bridgehead atoms. The fourth-order valence-corrected chi connectivity index (χ4v) is 11.0. The van der Waals surface area contributed by atoms with Crippen molar-refractivity contribution in [2.75, 3.05) is 0 Å². The number of rotatable bonds is 2. The molecule has 0 spiro atoms. The molecular formula is C17H24Cl2Zr. The molecule has 0 saturated heterocycles. The van der Waals surface area contributed by atoms with Crippen LogP contribution in [0, 0.1) is 0 Å². The number of halogens is 2. The van der Waals surface area contributed by atoms with Crippen LogP contribution in [0.3, 0.4) is 0 Å². The van der Waals surface area contributed by atoms with Crippen molar-refractivity contribution in [2.45, 2.75) is 54.4 Å². The van der Waals surface area contributed by atoms with Gasteiger partial charge in [0.15, 0.2) is 0 Å². The van der Waals surface area contributed by atoms with Crippen molar-refractivity contribution in [2.24, 2.45) is 0 Å². The van der Waals surface area contributed by atoms with Crippen LogP contribution in [0.5, 0.6) is 0 Å². The summed E-state index contributed by atoms with van der Waals surface area (Å²) in [6.45, 7) is 13.9. The van der Waals surface area contributed by atoms with Crippen LogP contribution in [-0.2, 0) is 21.3 Å². The van der Waals surface area contributed by atoms with Crippen LogP contribution in [0.2, 0.25) is 0 Å². The van der Waals surface area contributed by atoms with Gasteiger partial charge in [-0.1, -0.05) is 0 Å². The topological polar surface area (TPSA) is 0 Å². The van der Waals surface area contributed by atoms with Crippen molar-refractivity contribution >= 4 is 3.21 Å². The first-order valence-corrected chi connectivity index (χ1v) is 10.5. The molecule has 110 valence electrons. The molecule has 0 aromatic heterocycles. The third-order valence-electron chi connectivity index (χ3n) is 4.18. The molecule has 0 aliphatic heterocycles. The minimum absolute atomic E-state index is 0. The Bertz CT molecular complexity index is 510. The Morgan fingerprint density at radius 1 is 0.800 bits per heavy atom. The second kappa shape index (κ2) is 8.07. The van der Waals surface area contributed by atoms with Gasteiger partial charge in [0, 0.05) is 0 Å². The molecule has 0 N–H and O–H groups in total. The molecule has 2 aliphatic rings. The van der Waals surface area contributed by atoms with Crippen LogP contribution in [0.4, 0.5) is 0 Å². The van der Waals surface area contributed by atoms with E-state index in [0.29, 0.717) is 0 Å². The van der Waals surface area contributed by atoms with Crippen molar-refractivity contribution in [1.82, 2.24) is 0 Å². The van der Waals surface area contributed by atoms with Crippen LogP contribution in [0.15, 0.2) is 41.0 Å². The Balaban J connectivity index is 0.00000180. The molecule has 20 heavy (non-hydrogen) atoms. The van der Waals surface area contributed by atoms with E-state index in [1.807, 2.05) is 0 Å². The van der Waals surface area contributed by atoms with Crippen LogP contribution in [0.25, 0.3) is 0 Å². The van der Waals surface area contributed by atoms with Gasteiger partial charge in [0.25, 0.3) is 0 Å². The fourth-order valence-electron chi connectivity index (χ4n) is 2.89. The van der Waals surface area contributed by atoms with Gasteiger partial charge in [-0.2, -0.15) is 0 Å². The summed E-state index contributed by atoms with van der Waals surface area (Å²) in [6.07, 6.45) is 7.50. The molecule has 0 atom stereocenters. The van der Waals surface area contributed by atoms with E-state index < -0.39 is 21.3 Å². The van der Waals surface area contributed by atoms with Gasteiger partial charge in [-0.25, -0.2) is 0 Å². The molecular weight excluding hydrogens is 366 g/mol. The van der Waals surface area contributed by atoms with Crippen LogP contribution < -0.4 is 24.8 Å². The van der Waals surface area contributed by atoms with Gasteiger partial charge in [-0.3, -0.25) is 0 Å². The molecule has 0 radical (unpaired) electrons. The third-order valence-corrected chi connectivity index (χ3v) is 11.4. The van der Waals surface area contributed by atoms with Crippen molar-refractivity contribution in [3.05, 3.63) is 41.0 Å². The van der Waals surface area contributed by atoms with Gasteiger partial charge in [0.05, 0.1) is 0 Å². The van der Waals surface area contributed by atoms with Crippen molar-refractivity contribution in [3.63, 3.8) is 0 Å². The molecule has 0 unspecified atom stereocenters. The minimum atomic E-state index is -1.66. The standard InChI is InChI=1S/2C7H9.C3H6.2ClH.Zr/c2*1-6-4-3-5-7(6)2;1-3-2;;;/h2*4H,5H2,1-2H3;1-2H3;2*1H;/q;;;;;+2/p-2. The summed E-state index contributed by atoms with van der Waals surface area (Å²) in [6, 6.07) is 0. The summed E-state index contributed by atoms with van der Waals surface area (Å²) in [5.74, 6) is 0. The van der Waals surface area contributed by atoms with Crippen molar-refractivity contribution in [1.29, 1.82) is 0 Å². The zero-order valence-electron chi connectivity index (χ0n) is 13.3. The van der Waals surface area contributed by atoms with Crippen molar-refractivity contribution < 1.29 is 46.1 Å². The monoisotopic (exact) mass is 388 g/mol. The van der Waals surface area contributed by atoms with E-state index in [-0.39, 0.29) is 24.8 Å². The third kappa shape index (κ3) is 4.15. The maximum absolute atomic E-state index is 2.50. The minimum Gasteiger partial charge on any atom is -1.00 e. The summed E-state index contributed by atoms with van der Waals surface area (Å²) in [5, 5.41) is 0. The van der Waals surface area contributed by atoms with E-state index in [0.717, 1.165) is 0 Å². The quantitative estimate of drug-likeness (QED) is 0.572. The zero-order valence-corrected chi connectivity index (χ0v) is 17.3. The number of hydrogen-bond donors (Lipinski definition) is 0. The van der Waals surface area contributed by atoms with Gasteiger partial charge in [-0.05, 0) is 0 Å². The summed E-state index contributed by atoms with van der Waals surface area (Å²) in [7, 11) is 0. The predicted molar refractivity (Wildman–Crippen MR) is 78.5 cm³/mol. The first kappa shape index (κ1) is 20.3. The molecule has 2 rings (SSSR count). The summed E-state index contributed by atoms with van der Waals surface area (Å²) < 4.78 is 5.31. The van der Waals surface area contributed by atoms with Crippen LogP contribution in [-0.4, -0.2) is 3.21 Å². The van der Waals surface area contributed by atoms with Crippen LogP contribution >= 0.6 is 0 Å². The Kier molecular flexibility index (Phi) is 8.18. The second-order valence-corrected chi connectivity index (χ2v) is 13.5. The molecule has 0 aromatic carbocycles.